The smallest absolute Gasteiger partial charge is 0.333 e. The molecular formula is C60H59BN2. The lowest BCUT2D eigenvalue weighted by molar-refractivity contribution is 0.332. The van der Waals surface area contributed by atoms with Crippen LogP contribution < -0.4 is 20.6 Å². The minimum absolute atomic E-state index is 0.0414. The van der Waals surface area contributed by atoms with Crippen molar-refractivity contribution in [1.82, 2.24) is 0 Å². The summed E-state index contributed by atoms with van der Waals surface area (Å²) < 4.78 is 0. The molecule has 2 nitrogen and oxygen atoms in total. The van der Waals surface area contributed by atoms with Crippen molar-refractivity contribution in [3.63, 3.8) is 0 Å². The average Bonchev–Trinajstić information content (AvgIpc) is 3.28. The maximum absolute atomic E-state index is 2.79. The summed E-state index contributed by atoms with van der Waals surface area (Å²) in [6.45, 7) is 22.0. The van der Waals surface area contributed by atoms with Crippen LogP contribution in [0.1, 0.15) is 131 Å². The fourth-order valence-corrected chi connectivity index (χ4v) is 13.1. The summed E-state index contributed by atoms with van der Waals surface area (Å²) in [6.07, 6.45) is 4.74. The Bertz CT molecular complexity index is 3000. The Hall–Kier alpha value is -5.80. The molecule has 0 N–H and O–H groups in total. The zero-order chi connectivity index (χ0) is 43.4. The first kappa shape index (κ1) is 38.8. The number of nitrogens with zero attached hydrogens (tertiary/aromatic N) is 2. The first-order chi connectivity index (χ1) is 30.1. The fraction of sp³-hybridized carbons (Fsp3) is 0.300. The van der Waals surface area contributed by atoms with Crippen molar-refractivity contribution in [1.29, 1.82) is 0 Å². The monoisotopic (exact) mass is 818 g/mol. The van der Waals surface area contributed by atoms with Gasteiger partial charge in [0.05, 0.1) is 5.41 Å². The van der Waals surface area contributed by atoms with E-state index in [2.05, 4.69) is 218 Å². The summed E-state index contributed by atoms with van der Waals surface area (Å²) in [5.41, 5.74) is 24.3. The molecule has 3 heterocycles. The van der Waals surface area contributed by atoms with E-state index in [1.165, 1.54) is 126 Å². The SMILES string of the molecule is Cc1cc2c3c(c1)N(c1ccc4c(c1)C(C)(C)CCC4(C)C)c1cc4c(cc1B3N1c3ccccc3C(c3ccccc3)(c3ccccc3)c3cccc-2c31)C(C)(C)CCC4(C)C. The Morgan fingerprint density at radius 2 is 0.984 bits per heavy atom. The molecule has 7 aromatic carbocycles. The summed E-state index contributed by atoms with van der Waals surface area (Å²) in [7, 11) is 0. The molecule has 2 aliphatic carbocycles. The lowest BCUT2D eigenvalue weighted by Crippen LogP contribution is -2.63. The molecule has 0 unspecified atom stereocenters. The number of hydrogen-bond donors (Lipinski definition) is 0. The van der Waals surface area contributed by atoms with Gasteiger partial charge in [0.25, 0.3) is 0 Å². The van der Waals surface area contributed by atoms with E-state index in [9.17, 15) is 0 Å². The number of aryl methyl sites for hydroxylation is 1. The number of fused-ring (bicyclic) bond motifs is 8. The number of benzene rings is 7. The fourth-order valence-electron chi connectivity index (χ4n) is 13.1. The van der Waals surface area contributed by atoms with Gasteiger partial charge in [-0.25, -0.2) is 0 Å². The number of rotatable bonds is 3. The van der Waals surface area contributed by atoms with Crippen LogP contribution in [-0.2, 0) is 27.1 Å². The van der Waals surface area contributed by atoms with Gasteiger partial charge in [-0.2, -0.15) is 0 Å². The summed E-state index contributed by atoms with van der Waals surface area (Å²) in [6, 6.07) is 57.0. The van der Waals surface area contributed by atoms with E-state index in [-0.39, 0.29) is 28.5 Å². The summed E-state index contributed by atoms with van der Waals surface area (Å²) in [4.78, 5) is 5.48. The van der Waals surface area contributed by atoms with Gasteiger partial charge in [0.2, 0.25) is 0 Å². The van der Waals surface area contributed by atoms with Gasteiger partial charge in [0.1, 0.15) is 0 Å². The summed E-state index contributed by atoms with van der Waals surface area (Å²) >= 11 is 0. The number of hydrogen-bond acceptors (Lipinski definition) is 2. The van der Waals surface area contributed by atoms with Gasteiger partial charge in [0.15, 0.2) is 0 Å². The van der Waals surface area contributed by atoms with E-state index in [4.69, 9.17) is 0 Å². The van der Waals surface area contributed by atoms with E-state index in [1.54, 1.807) is 0 Å². The van der Waals surface area contributed by atoms with E-state index in [0.717, 1.165) is 0 Å². The normalized spacial score (nSPS) is 19.5. The first-order valence-electron chi connectivity index (χ1n) is 23.6. The van der Waals surface area contributed by atoms with E-state index in [0.29, 0.717) is 0 Å². The van der Waals surface area contributed by atoms with Crippen molar-refractivity contribution in [3.05, 3.63) is 196 Å². The predicted molar refractivity (Wildman–Crippen MR) is 267 cm³/mol. The van der Waals surface area contributed by atoms with Crippen molar-refractivity contribution in [2.45, 2.75) is 115 Å². The highest BCUT2D eigenvalue weighted by molar-refractivity contribution is 6.93. The number of anilines is 5. The molecule has 0 aromatic heterocycles. The number of para-hydroxylation sites is 2. The van der Waals surface area contributed by atoms with Gasteiger partial charge >= 0.3 is 6.85 Å². The van der Waals surface area contributed by atoms with Crippen molar-refractivity contribution in [2.24, 2.45) is 0 Å². The second-order valence-electron chi connectivity index (χ2n) is 22.3. The Morgan fingerprint density at radius 3 is 1.63 bits per heavy atom. The average molecular weight is 819 g/mol. The highest BCUT2D eigenvalue weighted by Gasteiger charge is 2.54. The Labute approximate surface area is 376 Å². The molecule has 0 saturated carbocycles. The lowest BCUT2D eigenvalue weighted by atomic mass is 9.41. The van der Waals surface area contributed by atoms with Gasteiger partial charge in [-0.3, -0.25) is 0 Å². The molecule has 0 bridgehead atoms. The zero-order valence-electron chi connectivity index (χ0n) is 38.7. The second-order valence-corrected chi connectivity index (χ2v) is 22.3. The molecule has 63 heavy (non-hydrogen) atoms. The van der Waals surface area contributed by atoms with Crippen LogP contribution in [0.4, 0.5) is 28.4 Å². The molecule has 12 rings (SSSR count). The quantitative estimate of drug-likeness (QED) is 0.164. The minimum atomic E-state index is -0.528. The molecular weight excluding hydrogens is 759 g/mol. The second kappa shape index (κ2) is 12.9. The Kier molecular flexibility index (Phi) is 7.96. The van der Waals surface area contributed by atoms with Gasteiger partial charge < -0.3 is 9.71 Å². The molecule has 3 aliphatic heterocycles. The molecule has 312 valence electrons. The van der Waals surface area contributed by atoms with Crippen LogP contribution in [0, 0.1) is 6.92 Å². The maximum atomic E-state index is 2.79. The van der Waals surface area contributed by atoms with Gasteiger partial charge in [-0.1, -0.05) is 171 Å². The van der Waals surface area contributed by atoms with Crippen molar-refractivity contribution in [3.8, 4) is 11.1 Å². The Morgan fingerprint density at radius 1 is 0.429 bits per heavy atom. The molecule has 0 radical (unpaired) electrons. The zero-order valence-corrected chi connectivity index (χ0v) is 38.7. The third-order valence-electron chi connectivity index (χ3n) is 16.7. The van der Waals surface area contributed by atoms with E-state index in [1.807, 2.05) is 0 Å². The third-order valence-corrected chi connectivity index (χ3v) is 16.7. The Balaban J connectivity index is 1.23. The molecule has 7 aromatic rings. The highest BCUT2D eigenvalue weighted by Crippen LogP contribution is 2.61. The van der Waals surface area contributed by atoms with Crippen molar-refractivity contribution in [2.75, 3.05) is 9.71 Å². The van der Waals surface area contributed by atoms with Gasteiger partial charge in [-0.15, -0.1) is 0 Å². The summed E-state index contributed by atoms with van der Waals surface area (Å²) in [5.74, 6) is 0. The van der Waals surface area contributed by atoms with Crippen LogP contribution in [0.2, 0.25) is 0 Å². The van der Waals surface area contributed by atoms with Crippen LogP contribution in [-0.4, -0.2) is 6.85 Å². The van der Waals surface area contributed by atoms with Gasteiger partial charge in [-0.05, 0) is 151 Å². The molecule has 0 fully saturated rings. The van der Waals surface area contributed by atoms with Crippen LogP contribution in [0.15, 0.2) is 146 Å². The molecule has 0 atom stereocenters. The van der Waals surface area contributed by atoms with Crippen LogP contribution in [0.3, 0.4) is 0 Å². The third kappa shape index (κ3) is 5.20. The van der Waals surface area contributed by atoms with Crippen LogP contribution in [0.5, 0.6) is 0 Å². The maximum Gasteiger partial charge on any atom is 0.333 e. The van der Waals surface area contributed by atoms with Crippen molar-refractivity contribution >= 4 is 46.2 Å². The first-order valence-corrected chi connectivity index (χ1v) is 23.6. The van der Waals surface area contributed by atoms with E-state index >= 15 is 0 Å². The summed E-state index contributed by atoms with van der Waals surface area (Å²) in [5, 5.41) is 0. The largest absolute Gasteiger partial charge is 0.376 e. The minimum Gasteiger partial charge on any atom is -0.376 e. The molecule has 0 saturated heterocycles. The lowest BCUT2D eigenvalue weighted by Gasteiger charge is -2.53. The van der Waals surface area contributed by atoms with E-state index < -0.39 is 5.41 Å². The topological polar surface area (TPSA) is 6.48 Å². The van der Waals surface area contributed by atoms with Crippen molar-refractivity contribution < 1.29 is 0 Å². The molecule has 3 heteroatoms. The molecule has 5 aliphatic rings. The van der Waals surface area contributed by atoms with Crippen LogP contribution >= 0.6 is 0 Å². The molecule has 0 amide bonds. The van der Waals surface area contributed by atoms with Gasteiger partial charge in [0, 0.05) is 34.0 Å². The predicted octanol–water partition coefficient (Wildman–Crippen LogP) is 14.1. The highest BCUT2D eigenvalue weighted by atomic mass is 15.2. The molecule has 0 spiro atoms. The van der Waals surface area contributed by atoms with Crippen LogP contribution in [0.25, 0.3) is 11.1 Å². The standard InChI is InChI=1S/C60H59BN2/c1-38-33-43-42-23-18-25-46-55(42)63(51-26-17-16-24-45(51)60(46,39-19-12-10-13-20-39)40-21-14-11-15-22-40)61-50-36-48-49(59(8,9)32-31-58(48,6)7)37-52(50)62(53(34-38)54(43)61)41-27-28-44-47(35-41)57(4,5)30-29-56(44,2)3/h10-28,33-37H,29-32H2,1-9H3.